The molecule has 0 aliphatic carbocycles. The molecule has 0 unspecified atom stereocenters. The van der Waals surface area contributed by atoms with E-state index in [9.17, 15) is 14.4 Å². The van der Waals surface area contributed by atoms with Gasteiger partial charge >= 0.3 is 5.97 Å². The highest BCUT2D eigenvalue weighted by Gasteiger charge is 2.35. The minimum Gasteiger partial charge on any atom is -0.497 e. The van der Waals surface area contributed by atoms with Gasteiger partial charge in [-0.2, -0.15) is 0 Å². The Morgan fingerprint density at radius 3 is 2.89 bits per heavy atom. The Balaban J connectivity index is 1.46. The third kappa shape index (κ3) is 4.87. The third-order valence-corrected chi connectivity index (χ3v) is 4.17. The van der Waals surface area contributed by atoms with Crippen molar-refractivity contribution in [3.63, 3.8) is 0 Å². The summed E-state index contributed by atoms with van der Waals surface area (Å²) in [7, 11) is 1.53. The smallest absolute Gasteiger partial charge is 0.311 e. The van der Waals surface area contributed by atoms with Crippen molar-refractivity contribution in [3.05, 3.63) is 48.4 Å². The number of nitrogens with one attached hydrogen (secondary N) is 1. The molecule has 0 saturated carbocycles. The molecule has 1 aromatic carbocycles. The van der Waals surface area contributed by atoms with Gasteiger partial charge in [-0.3, -0.25) is 14.4 Å². The first-order valence-electron chi connectivity index (χ1n) is 8.46. The maximum Gasteiger partial charge on any atom is 0.311 e. The number of hydrogen-bond acceptors (Lipinski definition) is 6. The summed E-state index contributed by atoms with van der Waals surface area (Å²) in [6.07, 6.45) is 1.60. The van der Waals surface area contributed by atoms with Gasteiger partial charge in [-0.15, -0.1) is 0 Å². The molecule has 1 atom stereocenters. The molecule has 2 aromatic rings. The fourth-order valence-corrected chi connectivity index (χ4v) is 2.83. The number of anilines is 1. The van der Waals surface area contributed by atoms with Crippen LogP contribution >= 0.6 is 0 Å². The van der Waals surface area contributed by atoms with E-state index in [0.717, 1.165) is 0 Å². The zero-order chi connectivity index (χ0) is 19.2. The van der Waals surface area contributed by atoms with Gasteiger partial charge in [0.15, 0.2) is 6.61 Å². The van der Waals surface area contributed by atoms with Crippen LogP contribution in [0.5, 0.6) is 5.75 Å². The van der Waals surface area contributed by atoms with Crippen LogP contribution in [0.4, 0.5) is 5.69 Å². The third-order valence-electron chi connectivity index (χ3n) is 4.17. The van der Waals surface area contributed by atoms with Crippen LogP contribution in [0.25, 0.3) is 0 Å². The fraction of sp³-hybridized carbons (Fsp3) is 0.316. The number of carbonyl (C=O) groups excluding carboxylic acids is 3. The molecule has 8 heteroatoms. The summed E-state index contributed by atoms with van der Waals surface area (Å²) >= 11 is 0. The lowest BCUT2D eigenvalue weighted by Gasteiger charge is -2.14. The lowest BCUT2D eigenvalue weighted by atomic mass is 10.1. The Morgan fingerprint density at radius 2 is 2.15 bits per heavy atom. The zero-order valence-electron chi connectivity index (χ0n) is 14.8. The van der Waals surface area contributed by atoms with E-state index < -0.39 is 24.4 Å². The average Bonchev–Trinajstić information content (AvgIpc) is 3.30. The lowest BCUT2D eigenvalue weighted by molar-refractivity contribution is -0.151. The van der Waals surface area contributed by atoms with E-state index in [-0.39, 0.29) is 18.9 Å². The number of hydrogen-bond donors (Lipinski definition) is 1. The number of ether oxygens (including phenoxy) is 2. The summed E-state index contributed by atoms with van der Waals surface area (Å²) < 4.78 is 15.4. The summed E-state index contributed by atoms with van der Waals surface area (Å²) in [5.41, 5.74) is 0.538. The number of benzene rings is 1. The number of likely N-dealkylation sites (tertiary alicyclic amines) is 1. The van der Waals surface area contributed by atoms with Gasteiger partial charge < -0.3 is 24.1 Å². The quantitative estimate of drug-likeness (QED) is 0.745. The van der Waals surface area contributed by atoms with Crippen molar-refractivity contribution in [3.8, 4) is 5.75 Å². The van der Waals surface area contributed by atoms with Gasteiger partial charge in [0, 0.05) is 24.7 Å². The monoisotopic (exact) mass is 372 g/mol. The first kappa shape index (κ1) is 18.5. The molecule has 142 valence electrons. The standard InChI is InChI=1S/C19H20N2O6/c1-25-15-5-2-4-14(9-15)20-17(22)12-27-19(24)13-8-18(23)21(10-13)11-16-6-3-7-26-16/h2-7,9,13H,8,10-12H2,1H3,(H,20,22)/t13-/m0/s1. The van der Waals surface area contributed by atoms with E-state index in [1.54, 1.807) is 41.3 Å². The van der Waals surface area contributed by atoms with Crippen LogP contribution in [-0.4, -0.2) is 42.9 Å². The molecule has 1 aliphatic rings. The molecule has 2 amide bonds. The molecule has 0 bridgehead atoms. The molecule has 1 N–H and O–H groups in total. The van der Waals surface area contributed by atoms with Gasteiger partial charge in [-0.25, -0.2) is 0 Å². The van der Waals surface area contributed by atoms with Crippen molar-refractivity contribution in [1.82, 2.24) is 4.90 Å². The number of methoxy groups -OCH3 is 1. The van der Waals surface area contributed by atoms with Gasteiger partial charge in [0.05, 0.1) is 25.8 Å². The highest BCUT2D eigenvalue weighted by atomic mass is 16.5. The van der Waals surface area contributed by atoms with Crippen molar-refractivity contribution < 1.29 is 28.3 Å². The predicted octanol–water partition coefficient (Wildman–Crippen LogP) is 1.82. The summed E-state index contributed by atoms with van der Waals surface area (Å²) in [4.78, 5) is 37.7. The summed E-state index contributed by atoms with van der Waals surface area (Å²) in [6.45, 7) is 0.140. The van der Waals surface area contributed by atoms with Crippen LogP contribution in [0.15, 0.2) is 47.1 Å². The largest absolute Gasteiger partial charge is 0.497 e. The summed E-state index contributed by atoms with van der Waals surface area (Å²) in [5, 5.41) is 2.62. The Bertz CT molecular complexity index is 817. The zero-order valence-corrected chi connectivity index (χ0v) is 14.8. The molecule has 1 saturated heterocycles. The van der Waals surface area contributed by atoms with Crippen molar-refractivity contribution in [2.45, 2.75) is 13.0 Å². The van der Waals surface area contributed by atoms with E-state index in [1.165, 1.54) is 13.4 Å². The van der Waals surface area contributed by atoms with E-state index >= 15 is 0 Å². The van der Waals surface area contributed by atoms with Crippen molar-refractivity contribution in [2.75, 3.05) is 25.6 Å². The summed E-state index contributed by atoms with van der Waals surface area (Å²) in [5.74, 6) is -0.508. The Hall–Kier alpha value is -3.29. The van der Waals surface area contributed by atoms with Crippen LogP contribution in [0.3, 0.4) is 0 Å². The molecule has 0 radical (unpaired) electrons. The SMILES string of the molecule is COc1cccc(NC(=O)COC(=O)[C@H]2CC(=O)N(Cc3ccco3)C2)c1. The number of rotatable bonds is 7. The van der Waals surface area contributed by atoms with Gasteiger partial charge in [0.1, 0.15) is 11.5 Å². The Morgan fingerprint density at radius 1 is 1.30 bits per heavy atom. The molecule has 1 aromatic heterocycles. The number of furan rings is 1. The first-order valence-corrected chi connectivity index (χ1v) is 8.46. The van der Waals surface area contributed by atoms with E-state index in [2.05, 4.69) is 5.32 Å². The minimum absolute atomic E-state index is 0.0665. The van der Waals surface area contributed by atoms with Gasteiger partial charge in [0.2, 0.25) is 5.91 Å². The van der Waals surface area contributed by atoms with Crippen LogP contribution in [0, 0.1) is 5.92 Å². The normalized spacial score (nSPS) is 16.3. The van der Waals surface area contributed by atoms with Crippen LogP contribution in [0.2, 0.25) is 0 Å². The van der Waals surface area contributed by atoms with E-state index in [0.29, 0.717) is 23.7 Å². The highest BCUT2D eigenvalue weighted by Crippen LogP contribution is 2.22. The first-order chi connectivity index (χ1) is 13.0. The number of carbonyl (C=O) groups is 3. The van der Waals surface area contributed by atoms with Gasteiger partial charge in [-0.05, 0) is 24.3 Å². The van der Waals surface area contributed by atoms with Gasteiger partial charge in [0.25, 0.3) is 5.91 Å². The molecule has 2 heterocycles. The number of nitrogens with zero attached hydrogens (tertiary/aromatic N) is 1. The maximum absolute atomic E-state index is 12.2. The molecule has 8 nitrogen and oxygen atoms in total. The topological polar surface area (TPSA) is 98.1 Å². The summed E-state index contributed by atoms with van der Waals surface area (Å²) in [6, 6.07) is 10.3. The maximum atomic E-state index is 12.2. The minimum atomic E-state index is -0.586. The van der Waals surface area contributed by atoms with Crippen LogP contribution in [-0.2, 0) is 25.7 Å². The number of amides is 2. The Kier molecular flexibility index (Phi) is 5.75. The molecule has 3 rings (SSSR count). The van der Waals surface area contributed by atoms with Crippen molar-refractivity contribution in [2.24, 2.45) is 5.92 Å². The molecule has 1 aliphatic heterocycles. The molecular weight excluding hydrogens is 352 g/mol. The number of esters is 1. The molecule has 27 heavy (non-hydrogen) atoms. The molecular formula is C19H20N2O6. The molecule has 1 fully saturated rings. The Labute approximate surface area is 156 Å². The molecule has 0 spiro atoms. The van der Waals surface area contributed by atoms with Crippen LogP contribution in [0.1, 0.15) is 12.2 Å². The lowest BCUT2D eigenvalue weighted by Crippen LogP contribution is -2.28. The average molecular weight is 372 g/mol. The second kappa shape index (κ2) is 8.39. The highest BCUT2D eigenvalue weighted by molar-refractivity contribution is 5.93. The second-order valence-electron chi connectivity index (χ2n) is 6.14. The van der Waals surface area contributed by atoms with Gasteiger partial charge in [-0.1, -0.05) is 6.07 Å². The van der Waals surface area contributed by atoms with Crippen LogP contribution < -0.4 is 10.1 Å². The fourth-order valence-electron chi connectivity index (χ4n) is 2.83. The van der Waals surface area contributed by atoms with Crippen molar-refractivity contribution in [1.29, 1.82) is 0 Å². The second-order valence-corrected chi connectivity index (χ2v) is 6.14. The van der Waals surface area contributed by atoms with E-state index in [4.69, 9.17) is 13.9 Å². The van der Waals surface area contributed by atoms with Crippen molar-refractivity contribution >= 4 is 23.5 Å². The van der Waals surface area contributed by atoms with E-state index in [1.807, 2.05) is 0 Å². The predicted molar refractivity (Wildman–Crippen MR) is 94.8 cm³/mol.